The molecular formula is C25H29N5O3S. The smallest absolute Gasteiger partial charge is 0.273 e. The second-order valence-electron chi connectivity index (χ2n) is 8.95. The van der Waals surface area contributed by atoms with Gasteiger partial charge in [0, 0.05) is 30.2 Å². The van der Waals surface area contributed by atoms with Crippen LogP contribution in [-0.4, -0.2) is 38.1 Å². The minimum atomic E-state index is -0.417. The van der Waals surface area contributed by atoms with Crippen molar-refractivity contribution in [3.8, 4) is 11.4 Å². The number of thiocarbonyl (C=S) groups is 1. The molecule has 1 aromatic carbocycles. The van der Waals surface area contributed by atoms with Gasteiger partial charge in [0.05, 0.1) is 41.6 Å². The number of nitrogens with one attached hydrogen (secondary N) is 1. The van der Waals surface area contributed by atoms with Gasteiger partial charge in [-0.1, -0.05) is 19.9 Å². The summed E-state index contributed by atoms with van der Waals surface area (Å²) < 4.78 is 7.62. The minimum Gasteiger partial charge on any atom is -0.494 e. The van der Waals surface area contributed by atoms with Crippen molar-refractivity contribution in [3.05, 3.63) is 81.4 Å². The number of hydrogen-bond acceptors (Lipinski definition) is 5. The Hall–Kier alpha value is -3.46. The Bertz CT molecular complexity index is 1220. The third-order valence-corrected chi connectivity index (χ3v) is 6.52. The molecule has 0 amide bonds. The fourth-order valence-electron chi connectivity index (χ4n) is 4.76. The largest absolute Gasteiger partial charge is 0.494 e. The lowest BCUT2D eigenvalue weighted by Crippen LogP contribution is -2.33. The van der Waals surface area contributed by atoms with Crippen molar-refractivity contribution in [2.75, 3.05) is 13.7 Å². The molecule has 1 N–H and O–H groups in total. The van der Waals surface area contributed by atoms with Gasteiger partial charge in [-0.3, -0.25) is 15.1 Å². The molecule has 1 saturated heterocycles. The second-order valence-corrected chi connectivity index (χ2v) is 9.33. The first-order valence-electron chi connectivity index (χ1n) is 11.2. The number of nitro groups is 1. The minimum absolute atomic E-state index is 0.00745. The van der Waals surface area contributed by atoms with Crippen molar-refractivity contribution in [2.45, 2.75) is 39.8 Å². The van der Waals surface area contributed by atoms with Crippen molar-refractivity contribution in [2.24, 2.45) is 5.92 Å². The van der Waals surface area contributed by atoms with E-state index >= 15 is 0 Å². The Kier molecular flexibility index (Phi) is 6.56. The van der Waals surface area contributed by atoms with Gasteiger partial charge in [0.15, 0.2) is 5.11 Å². The van der Waals surface area contributed by atoms with Gasteiger partial charge in [-0.05, 0) is 61.8 Å². The van der Waals surface area contributed by atoms with Crippen LogP contribution in [0.25, 0.3) is 5.69 Å². The zero-order valence-electron chi connectivity index (χ0n) is 20.0. The normalized spacial score (nSPS) is 17.8. The summed E-state index contributed by atoms with van der Waals surface area (Å²) in [4.78, 5) is 17.7. The molecule has 2 aromatic heterocycles. The Morgan fingerprint density at radius 2 is 2.00 bits per heavy atom. The number of rotatable bonds is 7. The third kappa shape index (κ3) is 4.23. The Morgan fingerprint density at radius 1 is 1.24 bits per heavy atom. The maximum absolute atomic E-state index is 11.3. The summed E-state index contributed by atoms with van der Waals surface area (Å²) in [5, 5.41) is 15.5. The molecule has 178 valence electrons. The summed E-state index contributed by atoms with van der Waals surface area (Å²) in [6.45, 7) is 9.26. The summed E-state index contributed by atoms with van der Waals surface area (Å²) in [5.74, 6) is 0.867. The van der Waals surface area contributed by atoms with E-state index in [-0.39, 0.29) is 17.8 Å². The zero-order chi connectivity index (χ0) is 24.6. The van der Waals surface area contributed by atoms with Gasteiger partial charge in [-0.25, -0.2) is 0 Å². The van der Waals surface area contributed by atoms with Crippen molar-refractivity contribution in [1.29, 1.82) is 0 Å². The molecule has 0 spiro atoms. The number of aryl methyl sites for hydroxylation is 1. The Morgan fingerprint density at radius 3 is 2.62 bits per heavy atom. The number of pyridine rings is 1. The Labute approximate surface area is 204 Å². The monoisotopic (exact) mass is 479 g/mol. The van der Waals surface area contributed by atoms with Gasteiger partial charge in [-0.2, -0.15) is 0 Å². The Balaban J connectivity index is 1.85. The van der Waals surface area contributed by atoms with Crippen LogP contribution in [0.4, 0.5) is 5.69 Å². The highest BCUT2D eigenvalue weighted by atomic mass is 32.1. The standard InChI is InChI=1S/C25H29N5O3S/c1-15(2)14-28-24(23(27-25(28)34)20-8-6-7-11-26-20)19-12-16(3)29(17(19)4)21-10-9-18(30(31)32)13-22(21)33-5/h6-13,15,23-24H,14H2,1-5H3,(H,27,34). The number of nitrogens with zero attached hydrogens (tertiary/aromatic N) is 4. The SMILES string of the molecule is COc1cc([N+](=O)[O-])ccc1-n1c(C)cc(C2C(c3ccccn3)NC(=S)N2CC(C)C)c1C. The van der Waals surface area contributed by atoms with E-state index in [0.29, 0.717) is 16.8 Å². The number of aromatic nitrogens is 2. The summed E-state index contributed by atoms with van der Waals surface area (Å²) >= 11 is 5.76. The zero-order valence-corrected chi connectivity index (χ0v) is 20.8. The summed E-state index contributed by atoms with van der Waals surface area (Å²) in [7, 11) is 1.53. The molecule has 1 aliphatic rings. The van der Waals surface area contributed by atoms with Gasteiger partial charge in [-0.15, -0.1) is 0 Å². The number of benzene rings is 1. The molecule has 34 heavy (non-hydrogen) atoms. The van der Waals surface area contributed by atoms with Crippen LogP contribution in [0, 0.1) is 29.9 Å². The van der Waals surface area contributed by atoms with Crippen molar-refractivity contribution >= 4 is 23.0 Å². The fourth-order valence-corrected chi connectivity index (χ4v) is 5.07. The molecule has 2 unspecified atom stereocenters. The average Bonchev–Trinajstić information content (AvgIpc) is 3.28. The number of non-ortho nitro benzene ring substituents is 1. The first-order chi connectivity index (χ1) is 16.2. The number of nitro benzene ring substituents is 1. The van der Waals surface area contributed by atoms with Gasteiger partial charge < -0.3 is 19.5 Å². The van der Waals surface area contributed by atoms with Crippen LogP contribution < -0.4 is 10.1 Å². The van der Waals surface area contributed by atoms with Crippen LogP contribution in [0.3, 0.4) is 0 Å². The third-order valence-electron chi connectivity index (χ3n) is 6.16. The van der Waals surface area contributed by atoms with E-state index < -0.39 is 4.92 Å². The van der Waals surface area contributed by atoms with Gasteiger partial charge >= 0.3 is 0 Å². The summed E-state index contributed by atoms with van der Waals surface area (Å²) in [6.07, 6.45) is 1.80. The van der Waals surface area contributed by atoms with Gasteiger partial charge in [0.25, 0.3) is 5.69 Å². The van der Waals surface area contributed by atoms with E-state index in [2.05, 4.69) is 46.6 Å². The van der Waals surface area contributed by atoms with Crippen LogP contribution in [0.5, 0.6) is 5.75 Å². The van der Waals surface area contributed by atoms with Crippen molar-refractivity contribution in [3.63, 3.8) is 0 Å². The van der Waals surface area contributed by atoms with E-state index in [0.717, 1.165) is 34.9 Å². The highest BCUT2D eigenvalue weighted by Crippen LogP contribution is 2.42. The molecule has 0 aliphatic carbocycles. The molecule has 3 heterocycles. The summed E-state index contributed by atoms with van der Waals surface area (Å²) in [6, 6.07) is 12.6. The molecule has 2 atom stereocenters. The van der Waals surface area contributed by atoms with Crippen LogP contribution >= 0.6 is 12.2 Å². The van der Waals surface area contributed by atoms with E-state index in [1.54, 1.807) is 12.3 Å². The molecule has 8 nitrogen and oxygen atoms in total. The van der Waals surface area contributed by atoms with E-state index in [4.69, 9.17) is 17.0 Å². The molecule has 0 saturated carbocycles. The first kappa shape index (κ1) is 23.7. The number of hydrogen-bond donors (Lipinski definition) is 1. The first-order valence-corrected chi connectivity index (χ1v) is 11.6. The molecule has 9 heteroatoms. The maximum Gasteiger partial charge on any atom is 0.273 e. The lowest BCUT2D eigenvalue weighted by Gasteiger charge is -2.29. The van der Waals surface area contributed by atoms with E-state index in [9.17, 15) is 10.1 Å². The van der Waals surface area contributed by atoms with Crippen LogP contribution in [0.15, 0.2) is 48.7 Å². The van der Waals surface area contributed by atoms with Crippen molar-refractivity contribution in [1.82, 2.24) is 19.8 Å². The van der Waals surface area contributed by atoms with Crippen LogP contribution in [-0.2, 0) is 0 Å². The van der Waals surface area contributed by atoms with E-state index in [1.807, 2.05) is 25.1 Å². The van der Waals surface area contributed by atoms with Gasteiger partial charge in [0.2, 0.25) is 0 Å². The predicted octanol–water partition coefficient (Wildman–Crippen LogP) is 5.03. The molecule has 4 rings (SSSR count). The number of methoxy groups -OCH3 is 1. The molecule has 0 bridgehead atoms. The second kappa shape index (κ2) is 9.42. The van der Waals surface area contributed by atoms with Crippen molar-refractivity contribution < 1.29 is 9.66 Å². The average molecular weight is 480 g/mol. The predicted molar refractivity (Wildman–Crippen MR) is 135 cm³/mol. The topological polar surface area (TPSA) is 85.5 Å². The quantitative estimate of drug-likeness (QED) is 0.289. The summed E-state index contributed by atoms with van der Waals surface area (Å²) in [5.41, 5.74) is 4.83. The lowest BCUT2D eigenvalue weighted by molar-refractivity contribution is -0.384. The fraction of sp³-hybridized carbons (Fsp3) is 0.360. The molecular weight excluding hydrogens is 450 g/mol. The number of ether oxygens (including phenoxy) is 1. The van der Waals surface area contributed by atoms with Crippen LogP contribution in [0.2, 0.25) is 0 Å². The van der Waals surface area contributed by atoms with Crippen LogP contribution in [0.1, 0.15) is 48.6 Å². The lowest BCUT2D eigenvalue weighted by atomic mass is 9.96. The molecule has 1 aliphatic heterocycles. The maximum atomic E-state index is 11.3. The van der Waals surface area contributed by atoms with Gasteiger partial charge in [0.1, 0.15) is 5.75 Å². The molecule has 3 aromatic rings. The molecule has 1 fully saturated rings. The highest BCUT2D eigenvalue weighted by Gasteiger charge is 2.41. The highest BCUT2D eigenvalue weighted by molar-refractivity contribution is 7.80. The molecule has 0 radical (unpaired) electrons. The van der Waals surface area contributed by atoms with E-state index in [1.165, 1.54) is 19.2 Å².